The minimum Gasteiger partial charge on any atom is -0.421 e. The van der Waals surface area contributed by atoms with Crippen molar-refractivity contribution >= 4 is 5.82 Å². The average molecular weight is 518 g/mol. The second-order valence-electron chi connectivity index (χ2n) is 12.1. The number of hydrogen-bond acceptors (Lipinski definition) is 1. The Bertz CT molecular complexity index is 1110. The van der Waals surface area contributed by atoms with E-state index in [1.54, 1.807) is 0 Å². The van der Waals surface area contributed by atoms with Crippen molar-refractivity contribution in [3.8, 4) is 11.4 Å². The summed E-state index contributed by atoms with van der Waals surface area (Å²) in [6.07, 6.45) is 7.05. The third kappa shape index (κ3) is 7.08. The smallest absolute Gasteiger partial charge is 0.254 e. The highest BCUT2D eigenvalue weighted by molar-refractivity contribution is 5.57. The maximum absolute atomic E-state index is 5.07. The number of nitrogens with zero attached hydrogens (tertiary/aromatic N) is 3. The van der Waals surface area contributed by atoms with Crippen LogP contribution in [0.15, 0.2) is 48.9 Å². The molecule has 38 heavy (non-hydrogen) atoms. The molecule has 1 aliphatic rings. The SMILES string of the molecule is C1CCOC1.CC(C)[N-]c1c[n+](-c2c(C(C)C)cccc2C(C)C)cn1-c1c(C(C)C)cccc1C(C)C. The molecule has 4 rings (SSSR count). The summed E-state index contributed by atoms with van der Waals surface area (Å²) in [5.74, 6) is 2.74. The number of ether oxygens (including phenoxy) is 1. The fourth-order valence-corrected chi connectivity index (χ4v) is 5.17. The van der Waals surface area contributed by atoms with Gasteiger partial charge in [-0.1, -0.05) is 106 Å². The Morgan fingerprint density at radius 2 is 1.13 bits per heavy atom. The molecule has 208 valence electrons. The Balaban J connectivity index is 0.000000715. The molecule has 0 spiro atoms. The van der Waals surface area contributed by atoms with E-state index in [9.17, 15) is 0 Å². The van der Waals surface area contributed by atoms with E-state index < -0.39 is 0 Å². The lowest BCUT2D eigenvalue weighted by Crippen LogP contribution is -2.32. The third-order valence-corrected chi connectivity index (χ3v) is 7.14. The molecule has 3 aromatic rings. The summed E-state index contributed by atoms with van der Waals surface area (Å²) >= 11 is 0. The molecule has 1 saturated heterocycles. The molecular weight excluding hydrogens is 466 g/mol. The van der Waals surface area contributed by atoms with Crippen molar-refractivity contribution in [3.63, 3.8) is 0 Å². The normalized spacial score (nSPS) is 13.7. The fraction of sp³-hybridized carbons (Fsp3) is 0.559. The zero-order chi connectivity index (χ0) is 28.0. The maximum atomic E-state index is 5.07. The van der Waals surface area contributed by atoms with E-state index in [0.29, 0.717) is 23.7 Å². The van der Waals surface area contributed by atoms with Crippen LogP contribution in [0, 0.1) is 0 Å². The summed E-state index contributed by atoms with van der Waals surface area (Å²) in [4.78, 5) is 0. The number of para-hydroxylation sites is 2. The zero-order valence-corrected chi connectivity index (χ0v) is 25.6. The molecule has 0 saturated carbocycles. The van der Waals surface area contributed by atoms with Gasteiger partial charge in [0.25, 0.3) is 6.33 Å². The van der Waals surface area contributed by atoms with Gasteiger partial charge in [0.15, 0.2) is 5.82 Å². The standard InChI is InChI=1S/C30H43N3.C4H8O/c1-19(2)24-13-11-14-25(20(3)4)29(24)32-17-28(31-23(9)10)33(18-32)30-26(21(5)6)15-12-16-27(30)22(7)8;1-2-4-5-3-1/h11-23H,1-10H3;1-4H2. The van der Waals surface area contributed by atoms with Crippen LogP contribution < -0.4 is 4.57 Å². The van der Waals surface area contributed by atoms with Crippen LogP contribution in [0.1, 0.15) is 128 Å². The summed E-state index contributed by atoms with van der Waals surface area (Å²) in [5.41, 5.74) is 8.07. The molecule has 1 fully saturated rings. The summed E-state index contributed by atoms with van der Waals surface area (Å²) in [5, 5.41) is 5.07. The van der Waals surface area contributed by atoms with Gasteiger partial charge in [0.2, 0.25) is 0 Å². The lowest BCUT2D eigenvalue weighted by molar-refractivity contribution is -0.595. The molecule has 4 nitrogen and oxygen atoms in total. The topological polar surface area (TPSA) is 32.1 Å². The van der Waals surface area contributed by atoms with Gasteiger partial charge in [-0.25, -0.2) is 4.57 Å². The maximum Gasteiger partial charge on any atom is 0.254 e. The summed E-state index contributed by atoms with van der Waals surface area (Å²) in [6, 6.07) is 13.7. The van der Waals surface area contributed by atoms with Gasteiger partial charge in [0.1, 0.15) is 17.6 Å². The predicted molar refractivity (Wildman–Crippen MR) is 162 cm³/mol. The molecule has 2 heterocycles. The number of benzene rings is 2. The second-order valence-corrected chi connectivity index (χ2v) is 12.1. The minimum atomic E-state index is 0.214. The van der Waals surface area contributed by atoms with Gasteiger partial charge in [-0.3, -0.25) is 0 Å². The van der Waals surface area contributed by atoms with Gasteiger partial charge in [0.05, 0.1) is 0 Å². The van der Waals surface area contributed by atoms with Crippen molar-refractivity contribution in [3.05, 3.63) is 76.5 Å². The molecule has 0 N–H and O–H groups in total. The van der Waals surface area contributed by atoms with Crippen molar-refractivity contribution < 1.29 is 9.30 Å². The Kier molecular flexibility index (Phi) is 10.6. The van der Waals surface area contributed by atoms with Crippen LogP contribution in [-0.4, -0.2) is 23.8 Å². The predicted octanol–water partition coefficient (Wildman–Crippen LogP) is 9.46. The van der Waals surface area contributed by atoms with E-state index in [-0.39, 0.29) is 6.04 Å². The number of imidazole rings is 1. The fourth-order valence-electron chi connectivity index (χ4n) is 5.17. The van der Waals surface area contributed by atoms with Crippen LogP contribution in [0.4, 0.5) is 5.82 Å². The van der Waals surface area contributed by atoms with Crippen LogP contribution in [0.2, 0.25) is 0 Å². The monoisotopic (exact) mass is 517 g/mol. The van der Waals surface area contributed by atoms with Crippen molar-refractivity contribution in [1.29, 1.82) is 0 Å². The zero-order valence-electron chi connectivity index (χ0n) is 25.6. The molecule has 0 unspecified atom stereocenters. The largest absolute Gasteiger partial charge is 0.421 e. The summed E-state index contributed by atoms with van der Waals surface area (Å²) < 4.78 is 9.61. The number of rotatable bonds is 8. The Hall–Kier alpha value is -2.59. The summed E-state index contributed by atoms with van der Waals surface area (Å²) in [7, 11) is 0. The molecular formula is C34H51N3O. The first-order valence-electron chi connectivity index (χ1n) is 14.7. The van der Waals surface area contributed by atoms with Gasteiger partial charge in [-0.15, -0.1) is 0 Å². The molecule has 0 atom stereocenters. The number of hydrogen-bond donors (Lipinski definition) is 0. The number of aromatic nitrogens is 2. The van der Waals surface area contributed by atoms with Gasteiger partial charge < -0.3 is 10.1 Å². The first-order valence-corrected chi connectivity index (χ1v) is 14.7. The van der Waals surface area contributed by atoms with Crippen LogP contribution in [-0.2, 0) is 4.74 Å². The highest BCUT2D eigenvalue weighted by Gasteiger charge is 2.26. The molecule has 1 aromatic heterocycles. The minimum absolute atomic E-state index is 0.214. The van der Waals surface area contributed by atoms with Crippen molar-refractivity contribution in [2.45, 2.75) is 112 Å². The highest BCUT2D eigenvalue weighted by Crippen LogP contribution is 2.36. The Morgan fingerprint density at radius 3 is 1.50 bits per heavy atom. The van der Waals surface area contributed by atoms with Crippen LogP contribution in [0.3, 0.4) is 0 Å². The first-order chi connectivity index (χ1) is 18.0. The second kappa shape index (κ2) is 13.5. The van der Waals surface area contributed by atoms with Crippen LogP contribution in [0.5, 0.6) is 0 Å². The quantitative estimate of drug-likeness (QED) is 0.274. The van der Waals surface area contributed by atoms with E-state index in [2.05, 4.69) is 127 Å². The van der Waals surface area contributed by atoms with E-state index in [1.165, 1.54) is 46.5 Å². The van der Waals surface area contributed by atoms with Gasteiger partial charge >= 0.3 is 0 Å². The van der Waals surface area contributed by atoms with E-state index in [0.717, 1.165) is 19.0 Å². The van der Waals surface area contributed by atoms with Gasteiger partial charge in [-0.2, -0.15) is 4.57 Å². The van der Waals surface area contributed by atoms with Crippen molar-refractivity contribution in [2.24, 2.45) is 0 Å². The lowest BCUT2D eigenvalue weighted by atomic mass is 9.92. The van der Waals surface area contributed by atoms with Crippen molar-refractivity contribution in [2.75, 3.05) is 13.2 Å². The molecule has 2 aromatic carbocycles. The summed E-state index contributed by atoms with van der Waals surface area (Å²) in [6.45, 7) is 24.6. The Labute approximate surface area is 232 Å². The van der Waals surface area contributed by atoms with Crippen LogP contribution in [0.25, 0.3) is 16.7 Å². The van der Waals surface area contributed by atoms with Gasteiger partial charge in [-0.05, 0) is 42.6 Å². The molecule has 0 amide bonds. The molecule has 4 heteroatoms. The van der Waals surface area contributed by atoms with E-state index in [4.69, 9.17) is 10.1 Å². The van der Waals surface area contributed by atoms with E-state index >= 15 is 0 Å². The Morgan fingerprint density at radius 1 is 0.684 bits per heavy atom. The van der Waals surface area contributed by atoms with E-state index in [1.807, 2.05) is 0 Å². The van der Waals surface area contributed by atoms with Crippen LogP contribution >= 0.6 is 0 Å². The molecule has 1 aliphatic heterocycles. The highest BCUT2D eigenvalue weighted by atomic mass is 16.5. The average Bonchev–Trinajstić information content (AvgIpc) is 3.56. The molecule has 0 aliphatic carbocycles. The molecule has 0 bridgehead atoms. The first kappa shape index (κ1) is 30.0. The lowest BCUT2D eigenvalue weighted by Gasteiger charge is -2.19. The molecule has 0 radical (unpaired) electrons. The third-order valence-electron chi connectivity index (χ3n) is 7.14. The van der Waals surface area contributed by atoms with Gasteiger partial charge in [0, 0.05) is 35.5 Å². The van der Waals surface area contributed by atoms with Crippen molar-refractivity contribution in [1.82, 2.24) is 4.57 Å².